The smallest absolute Gasteiger partial charge is 0.248 e. The number of methoxy groups -OCH3 is 1. The average Bonchev–Trinajstić information content (AvgIpc) is 2.64. The van der Waals surface area contributed by atoms with Crippen molar-refractivity contribution in [1.82, 2.24) is 10.6 Å². The second-order valence-corrected chi connectivity index (χ2v) is 5.46. The third kappa shape index (κ3) is 5.84. The maximum absolute atomic E-state index is 11.1. The van der Waals surface area contributed by atoms with Crippen LogP contribution in [0.25, 0.3) is 0 Å². The van der Waals surface area contributed by atoms with Gasteiger partial charge in [-0.15, -0.1) is 0 Å². The van der Waals surface area contributed by atoms with Gasteiger partial charge in [0.2, 0.25) is 5.91 Å². The van der Waals surface area contributed by atoms with Crippen molar-refractivity contribution >= 4 is 11.9 Å². The zero-order chi connectivity index (χ0) is 18.1. The number of nitrogens with one attached hydrogen (secondary N) is 2. The largest absolute Gasteiger partial charge is 0.497 e. The number of guanidine groups is 1. The van der Waals surface area contributed by atoms with Gasteiger partial charge in [0.05, 0.1) is 13.7 Å². The number of benzene rings is 2. The lowest BCUT2D eigenvalue weighted by Crippen LogP contribution is -2.36. The van der Waals surface area contributed by atoms with E-state index in [0.717, 1.165) is 29.4 Å². The number of hydrogen-bond acceptors (Lipinski definition) is 3. The fourth-order valence-corrected chi connectivity index (χ4v) is 2.22. The Hall–Kier alpha value is -3.02. The predicted octanol–water partition coefficient (Wildman–Crippen LogP) is 2.05. The fraction of sp³-hybridized carbons (Fsp3) is 0.263. The molecule has 0 fully saturated rings. The van der Waals surface area contributed by atoms with E-state index >= 15 is 0 Å². The number of carbonyl (C=O) groups excluding carboxylic acids is 1. The molecule has 0 saturated heterocycles. The third-order valence-electron chi connectivity index (χ3n) is 3.62. The molecule has 0 saturated carbocycles. The van der Waals surface area contributed by atoms with E-state index in [4.69, 9.17) is 10.5 Å². The van der Waals surface area contributed by atoms with Gasteiger partial charge in [-0.05, 0) is 42.3 Å². The van der Waals surface area contributed by atoms with Gasteiger partial charge in [0.1, 0.15) is 5.75 Å². The molecule has 25 heavy (non-hydrogen) atoms. The van der Waals surface area contributed by atoms with Crippen molar-refractivity contribution in [3.05, 3.63) is 65.2 Å². The molecule has 0 bridgehead atoms. The molecule has 6 heteroatoms. The number of aliphatic imine (C=N–C) groups is 1. The summed E-state index contributed by atoms with van der Waals surface area (Å²) < 4.78 is 5.15. The minimum Gasteiger partial charge on any atom is -0.497 e. The number of hydrogen-bond donors (Lipinski definition) is 3. The van der Waals surface area contributed by atoms with Crippen LogP contribution in [0.3, 0.4) is 0 Å². The fourth-order valence-electron chi connectivity index (χ4n) is 2.22. The quantitative estimate of drug-likeness (QED) is 0.532. The second-order valence-electron chi connectivity index (χ2n) is 5.46. The number of primary amides is 1. The summed E-state index contributed by atoms with van der Waals surface area (Å²) >= 11 is 0. The van der Waals surface area contributed by atoms with E-state index in [0.29, 0.717) is 18.7 Å². The zero-order valence-corrected chi connectivity index (χ0v) is 14.6. The molecule has 2 aromatic carbocycles. The van der Waals surface area contributed by atoms with Gasteiger partial charge in [-0.2, -0.15) is 0 Å². The molecule has 2 aromatic rings. The van der Waals surface area contributed by atoms with Gasteiger partial charge < -0.3 is 21.1 Å². The van der Waals surface area contributed by atoms with E-state index in [9.17, 15) is 4.79 Å². The molecule has 0 aliphatic heterocycles. The van der Waals surface area contributed by atoms with Crippen LogP contribution in [0.2, 0.25) is 0 Å². The van der Waals surface area contributed by atoms with Crippen LogP contribution in [0.4, 0.5) is 0 Å². The first kappa shape index (κ1) is 18.3. The molecule has 0 heterocycles. The summed E-state index contributed by atoms with van der Waals surface area (Å²) in [7, 11) is 1.65. The molecule has 0 radical (unpaired) electrons. The van der Waals surface area contributed by atoms with Crippen LogP contribution < -0.4 is 21.1 Å². The number of carbonyl (C=O) groups is 1. The van der Waals surface area contributed by atoms with Gasteiger partial charge in [-0.3, -0.25) is 4.79 Å². The summed E-state index contributed by atoms with van der Waals surface area (Å²) in [5.74, 6) is 1.14. The molecule has 0 spiro atoms. The molecule has 0 aromatic heterocycles. The van der Waals surface area contributed by atoms with E-state index < -0.39 is 5.91 Å². The van der Waals surface area contributed by atoms with Gasteiger partial charge in [0.15, 0.2) is 5.96 Å². The zero-order valence-electron chi connectivity index (χ0n) is 14.6. The van der Waals surface area contributed by atoms with Gasteiger partial charge in [-0.1, -0.05) is 24.3 Å². The molecule has 132 valence electrons. The van der Waals surface area contributed by atoms with Crippen LogP contribution in [-0.2, 0) is 13.1 Å². The Labute approximate surface area is 148 Å². The average molecular weight is 340 g/mol. The summed E-state index contributed by atoms with van der Waals surface area (Å²) in [5.41, 5.74) is 7.89. The van der Waals surface area contributed by atoms with Crippen LogP contribution in [0.5, 0.6) is 5.75 Å². The second kappa shape index (κ2) is 9.32. The number of nitrogens with zero attached hydrogens (tertiary/aromatic N) is 1. The lowest BCUT2D eigenvalue weighted by atomic mass is 10.1. The first-order valence-corrected chi connectivity index (χ1v) is 8.16. The van der Waals surface area contributed by atoms with Crippen molar-refractivity contribution in [2.24, 2.45) is 10.7 Å². The minimum atomic E-state index is -0.422. The van der Waals surface area contributed by atoms with E-state index in [-0.39, 0.29) is 0 Å². The molecule has 1 amide bonds. The van der Waals surface area contributed by atoms with Gasteiger partial charge in [0, 0.05) is 18.7 Å². The topological polar surface area (TPSA) is 88.7 Å². The first-order valence-electron chi connectivity index (χ1n) is 8.16. The SMILES string of the molecule is CCNC(=NCc1ccc(OC)cc1)NCc1ccc(C(N)=O)cc1. The van der Waals surface area contributed by atoms with Crippen molar-refractivity contribution in [3.63, 3.8) is 0 Å². The summed E-state index contributed by atoms with van der Waals surface area (Å²) in [6, 6.07) is 15.0. The standard InChI is InChI=1S/C19H24N4O2/c1-3-21-19(23-13-15-6-10-17(25-2)11-7-15)22-12-14-4-8-16(9-5-14)18(20)24/h4-11H,3,12-13H2,1-2H3,(H2,20,24)(H2,21,22,23). The normalized spacial score (nSPS) is 11.0. The van der Waals surface area contributed by atoms with Crippen molar-refractivity contribution in [1.29, 1.82) is 0 Å². The van der Waals surface area contributed by atoms with Gasteiger partial charge >= 0.3 is 0 Å². The van der Waals surface area contributed by atoms with Gasteiger partial charge in [0.25, 0.3) is 0 Å². The maximum atomic E-state index is 11.1. The number of rotatable bonds is 7. The van der Waals surface area contributed by atoms with Gasteiger partial charge in [-0.25, -0.2) is 4.99 Å². The van der Waals surface area contributed by atoms with E-state index in [2.05, 4.69) is 15.6 Å². The Balaban J connectivity index is 1.95. The highest BCUT2D eigenvalue weighted by molar-refractivity contribution is 5.92. The molecule has 0 aliphatic rings. The Morgan fingerprint density at radius 1 is 1.04 bits per heavy atom. The molecule has 0 aliphatic carbocycles. The highest BCUT2D eigenvalue weighted by Gasteiger charge is 2.02. The highest BCUT2D eigenvalue weighted by Crippen LogP contribution is 2.11. The molecule has 0 atom stereocenters. The Bertz CT molecular complexity index is 709. The van der Waals surface area contributed by atoms with E-state index in [1.807, 2.05) is 43.3 Å². The van der Waals surface area contributed by atoms with Crippen LogP contribution in [0.15, 0.2) is 53.5 Å². The van der Waals surface area contributed by atoms with Crippen molar-refractivity contribution < 1.29 is 9.53 Å². The molecular formula is C19H24N4O2. The van der Waals surface area contributed by atoms with Crippen molar-refractivity contribution in [3.8, 4) is 5.75 Å². The molecule has 6 nitrogen and oxygen atoms in total. The Morgan fingerprint density at radius 3 is 2.24 bits per heavy atom. The number of nitrogens with two attached hydrogens (primary N) is 1. The minimum absolute atomic E-state index is 0.422. The Morgan fingerprint density at radius 2 is 1.68 bits per heavy atom. The molecule has 0 unspecified atom stereocenters. The van der Waals surface area contributed by atoms with E-state index in [1.54, 1.807) is 19.2 Å². The van der Waals surface area contributed by atoms with Crippen LogP contribution >= 0.6 is 0 Å². The number of ether oxygens (including phenoxy) is 1. The molecule has 2 rings (SSSR count). The highest BCUT2D eigenvalue weighted by atomic mass is 16.5. The number of amides is 1. The lowest BCUT2D eigenvalue weighted by Gasteiger charge is -2.11. The maximum Gasteiger partial charge on any atom is 0.248 e. The summed E-state index contributed by atoms with van der Waals surface area (Å²) in [5, 5.41) is 6.49. The van der Waals surface area contributed by atoms with Crippen molar-refractivity contribution in [2.75, 3.05) is 13.7 Å². The third-order valence-corrected chi connectivity index (χ3v) is 3.62. The van der Waals surface area contributed by atoms with Crippen LogP contribution in [0.1, 0.15) is 28.4 Å². The monoisotopic (exact) mass is 340 g/mol. The summed E-state index contributed by atoms with van der Waals surface area (Å²) in [6.07, 6.45) is 0. The predicted molar refractivity (Wildman–Crippen MR) is 99.6 cm³/mol. The van der Waals surface area contributed by atoms with Crippen LogP contribution in [0, 0.1) is 0 Å². The summed E-state index contributed by atoms with van der Waals surface area (Å²) in [4.78, 5) is 15.7. The molecular weight excluding hydrogens is 316 g/mol. The molecule has 4 N–H and O–H groups in total. The van der Waals surface area contributed by atoms with E-state index in [1.165, 1.54) is 0 Å². The van der Waals surface area contributed by atoms with Crippen LogP contribution in [-0.4, -0.2) is 25.5 Å². The van der Waals surface area contributed by atoms with Crippen molar-refractivity contribution in [2.45, 2.75) is 20.0 Å². The lowest BCUT2D eigenvalue weighted by molar-refractivity contribution is 0.100. The first-order chi connectivity index (χ1) is 12.1. The summed E-state index contributed by atoms with van der Waals surface area (Å²) in [6.45, 7) is 3.97. The Kier molecular flexibility index (Phi) is 6.83.